The van der Waals surface area contributed by atoms with Crippen molar-refractivity contribution in [2.45, 2.75) is 12.3 Å². The van der Waals surface area contributed by atoms with Gasteiger partial charge in [-0.15, -0.1) is 5.10 Å². The number of carbonyl (C=O) groups is 2. The zero-order chi connectivity index (χ0) is 19.7. The highest BCUT2D eigenvalue weighted by Crippen LogP contribution is 2.31. The van der Waals surface area contributed by atoms with Crippen molar-refractivity contribution in [2.24, 2.45) is 0 Å². The highest BCUT2D eigenvalue weighted by Gasteiger charge is 2.35. The van der Waals surface area contributed by atoms with E-state index in [1.165, 1.54) is 12.1 Å². The van der Waals surface area contributed by atoms with Gasteiger partial charge in [0.25, 0.3) is 5.91 Å². The van der Waals surface area contributed by atoms with Crippen LogP contribution in [-0.2, 0) is 4.79 Å². The lowest BCUT2D eigenvalue weighted by molar-refractivity contribution is -0.117. The van der Waals surface area contributed by atoms with Crippen molar-refractivity contribution in [3.05, 3.63) is 70.3 Å². The lowest BCUT2D eigenvalue weighted by atomic mass is 10.1. The molecule has 2 amide bonds. The average Bonchev–Trinajstić information content (AvgIpc) is 3.29. The van der Waals surface area contributed by atoms with E-state index in [1.54, 1.807) is 41.3 Å². The number of hydrogen-bond donors (Lipinski definition) is 1. The first kappa shape index (κ1) is 18.3. The molecule has 9 heteroatoms. The number of carbonyl (C=O) groups excluding carboxylic acids is 2. The summed E-state index contributed by atoms with van der Waals surface area (Å²) in [4.78, 5) is 26.1. The predicted octanol–water partition coefficient (Wildman–Crippen LogP) is 3.74. The molecule has 0 saturated carbocycles. The molecule has 0 aliphatic carbocycles. The number of aromatic nitrogens is 2. The maximum Gasteiger partial charge on any atom is 0.322 e. The SMILES string of the molecule is O=C(Nc1nnc([C@H]2CC(=O)N(c3ccc(F)cc3)C2)o1)c1ccc(Br)cc1. The van der Waals surface area contributed by atoms with Gasteiger partial charge in [0, 0.05) is 28.7 Å². The van der Waals surface area contributed by atoms with Crippen molar-refractivity contribution < 1.29 is 18.4 Å². The van der Waals surface area contributed by atoms with Crippen LogP contribution in [0.4, 0.5) is 16.1 Å². The molecular formula is C19H14BrFN4O3. The molecule has 0 radical (unpaired) electrons. The lowest BCUT2D eigenvalue weighted by Crippen LogP contribution is -2.24. The molecule has 1 aliphatic rings. The summed E-state index contributed by atoms with van der Waals surface area (Å²) in [7, 11) is 0. The van der Waals surface area contributed by atoms with Gasteiger partial charge in [-0.1, -0.05) is 21.0 Å². The molecule has 2 heterocycles. The Kier molecular flexibility index (Phi) is 4.91. The van der Waals surface area contributed by atoms with E-state index < -0.39 is 0 Å². The number of nitrogens with zero attached hydrogens (tertiary/aromatic N) is 3. The van der Waals surface area contributed by atoms with E-state index in [9.17, 15) is 14.0 Å². The molecule has 1 N–H and O–H groups in total. The monoisotopic (exact) mass is 444 g/mol. The van der Waals surface area contributed by atoms with Gasteiger partial charge in [-0.05, 0) is 48.5 Å². The molecule has 1 aromatic heterocycles. The summed E-state index contributed by atoms with van der Waals surface area (Å²) in [6.07, 6.45) is 0.194. The smallest absolute Gasteiger partial charge is 0.322 e. The van der Waals surface area contributed by atoms with Gasteiger partial charge in [-0.2, -0.15) is 0 Å². The van der Waals surface area contributed by atoms with Crippen molar-refractivity contribution in [3.8, 4) is 0 Å². The van der Waals surface area contributed by atoms with E-state index in [-0.39, 0.29) is 41.9 Å². The van der Waals surface area contributed by atoms with Crippen LogP contribution < -0.4 is 10.2 Å². The lowest BCUT2D eigenvalue weighted by Gasteiger charge is -2.15. The molecule has 2 aromatic carbocycles. The van der Waals surface area contributed by atoms with Crippen molar-refractivity contribution >= 4 is 39.4 Å². The van der Waals surface area contributed by atoms with Crippen LogP contribution in [-0.4, -0.2) is 28.6 Å². The summed E-state index contributed by atoms with van der Waals surface area (Å²) in [5, 5.41) is 10.3. The van der Waals surface area contributed by atoms with Crippen LogP contribution in [0.3, 0.4) is 0 Å². The Morgan fingerprint density at radius 1 is 1.14 bits per heavy atom. The molecule has 4 rings (SSSR count). The molecular weight excluding hydrogens is 431 g/mol. The van der Waals surface area contributed by atoms with E-state index in [4.69, 9.17) is 4.42 Å². The molecule has 28 heavy (non-hydrogen) atoms. The van der Waals surface area contributed by atoms with Gasteiger partial charge in [0.1, 0.15) is 5.82 Å². The second-order valence-corrected chi connectivity index (χ2v) is 7.20. The number of nitrogens with one attached hydrogen (secondary N) is 1. The van der Waals surface area contributed by atoms with E-state index in [2.05, 4.69) is 31.4 Å². The average molecular weight is 445 g/mol. The Labute approximate surface area is 167 Å². The molecule has 0 unspecified atom stereocenters. The number of benzene rings is 2. The molecule has 1 atom stereocenters. The quantitative estimate of drug-likeness (QED) is 0.661. The van der Waals surface area contributed by atoms with Gasteiger partial charge in [-0.25, -0.2) is 4.39 Å². The fourth-order valence-corrected chi connectivity index (χ4v) is 3.23. The second-order valence-electron chi connectivity index (χ2n) is 6.29. The maximum absolute atomic E-state index is 13.1. The fourth-order valence-electron chi connectivity index (χ4n) is 2.96. The second kappa shape index (κ2) is 7.51. The van der Waals surface area contributed by atoms with Crippen LogP contribution in [0.5, 0.6) is 0 Å². The third-order valence-electron chi connectivity index (χ3n) is 4.38. The minimum Gasteiger partial charge on any atom is -0.407 e. The van der Waals surface area contributed by atoms with Gasteiger partial charge >= 0.3 is 6.01 Å². The summed E-state index contributed by atoms with van der Waals surface area (Å²) in [5.74, 6) is -0.893. The Balaban J connectivity index is 1.44. The number of halogens is 2. The summed E-state index contributed by atoms with van der Waals surface area (Å²) in [6.45, 7) is 0.340. The third-order valence-corrected chi connectivity index (χ3v) is 4.91. The number of anilines is 2. The number of rotatable bonds is 4. The van der Waals surface area contributed by atoms with Gasteiger partial charge in [0.15, 0.2) is 0 Å². The number of amides is 2. The van der Waals surface area contributed by atoms with Crippen LogP contribution in [0, 0.1) is 5.82 Å². The summed E-state index contributed by atoms with van der Waals surface area (Å²) >= 11 is 3.31. The highest BCUT2D eigenvalue weighted by atomic mass is 79.9. The van der Waals surface area contributed by atoms with Crippen molar-refractivity contribution in [2.75, 3.05) is 16.8 Å². The Morgan fingerprint density at radius 2 is 1.86 bits per heavy atom. The van der Waals surface area contributed by atoms with E-state index in [0.717, 1.165) is 4.47 Å². The van der Waals surface area contributed by atoms with Crippen LogP contribution >= 0.6 is 15.9 Å². The molecule has 7 nitrogen and oxygen atoms in total. The normalized spacial score (nSPS) is 16.4. The third kappa shape index (κ3) is 3.79. The molecule has 142 valence electrons. The van der Waals surface area contributed by atoms with Crippen molar-refractivity contribution in [3.63, 3.8) is 0 Å². The minimum atomic E-state index is -0.377. The maximum atomic E-state index is 13.1. The Bertz CT molecular complexity index is 1020. The van der Waals surface area contributed by atoms with Gasteiger partial charge in [0.05, 0.1) is 5.92 Å². The standard InChI is InChI=1S/C19H14BrFN4O3/c20-13-3-1-11(2-4-13)17(27)22-19-24-23-18(28-19)12-9-16(26)25(10-12)15-7-5-14(21)6-8-15/h1-8,12H,9-10H2,(H,22,24,27)/t12-/m0/s1. The topological polar surface area (TPSA) is 88.3 Å². The van der Waals surface area contributed by atoms with Gasteiger partial charge in [0.2, 0.25) is 11.8 Å². The zero-order valence-corrected chi connectivity index (χ0v) is 16.0. The van der Waals surface area contributed by atoms with Crippen molar-refractivity contribution in [1.29, 1.82) is 0 Å². The van der Waals surface area contributed by atoms with E-state index in [1.807, 2.05) is 0 Å². The summed E-state index contributed by atoms with van der Waals surface area (Å²) in [6, 6.07) is 12.5. The highest BCUT2D eigenvalue weighted by molar-refractivity contribution is 9.10. The molecule has 3 aromatic rings. The first-order valence-corrected chi connectivity index (χ1v) is 9.25. The van der Waals surface area contributed by atoms with Gasteiger partial charge in [-0.3, -0.25) is 14.9 Å². The predicted molar refractivity (Wildman–Crippen MR) is 103 cm³/mol. The molecule has 0 bridgehead atoms. The molecule has 0 spiro atoms. The Morgan fingerprint density at radius 3 is 2.57 bits per heavy atom. The van der Waals surface area contributed by atoms with Crippen LogP contribution in [0.15, 0.2) is 57.4 Å². The van der Waals surface area contributed by atoms with Crippen molar-refractivity contribution in [1.82, 2.24) is 10.2 Å². The summed E-state index contributed by atoms with van der Waals surface area (Å²) in [5.41, 5.74) is 1.05. The Hall–Kier alpha value is -3.07. The fraction of sp³-hybridized carbons (Fsp3) is 0.158. The van der Waals surface area contributed by atoms with Crippen LogP contribution in [0.2, 0.25) is 0 Å². The van der Waals surface area contributed by atoms with Crippen LogP contribution in [0.1, 0.15) is 28.6 Å². The van der Waals surface area contributed by atoms with E-state index in [0.29, 0.717) is 17.8 Å². The summed E-state index contributed by atoms with van der Waals surface area (Å²) < 4.78 is 19.5. The first-order chi connectivity index (χ1) is 13.5. The molecule has 1 fully saturated rings. The first-order valence-electron chi connectivity index (χ1n) is 8.46. The van der Waals surface area contributed by atoms with E-state index >= 15 is 0 Å². The zero-order valence-electron chi connectivity index (χ0n) is 14.4. The largest absolute Gasteiger partial charge is 0.407 e. The number of hydrogen-bond acceptors (Lipinski definition) is 5. The van der Waals surface area contributed by atoms with Gasteiger partial charge < -0.3 is 9.32 Å². The van der Waals surface area contributed by atoms with Crippen LogP contribution in [0.25, 0.3) is 0 Å². The molecule has 1 aliphatic heterocycles. The minimum absolute atomic E-state index is 0.0319. The molecule has 1 saturated heterocycles.